The standard InChI is InChI=1S/C18H27ClN4O2/c1-12(2)17(20)18(25)21-11-16(24)23-8-6-22(7-9-23)15-10-14(19)5-4-13(15)3/h4-5,10,12,17H,6-9,11,20H2,1-3H3,(H,21,25)/t17-/m0/s1. The number of aryl methyl sites for hydroxylation is 1. The van der Waals surface area contributed by atoms with Gasteiger partial charge in [0, 0.05) is 36.9 Å². The van der Waals surface area contributed by atoms with Gasteiger partial charge in [0.2, 0.25) is 11.8 Å². The van der Waals surface area contributed by atoms with E-state index in [-0.39, 0.29) is 24.3 Å². The molecule has 0 unspecified atom stereocenters. The Morgan fingerprint density at radius 1 is 1.24 bits per heavy atom. The summed E-state index contributed by atoms with van der Waals surface area (Å²) in [5.41, 5.74) is 8.05. The summed E-state index contributed by atoms with van der Waals surface area (Å²) in [5.74, 6) is -0.317. The van der Waals surface area contributed by atoms with Crippen molar-refractivity contribution in [1.29, 1.82) is 0 Å². The number of rotatable bonds is 5. The van der Waals surface area contributed by atoms with Gasteiger partial charge in [-0.3, -0.25) is 9.59 Å². The minimum atomic E-state index is -0.588. The molecule has 0 spiro atoms. The quantitative estimate of drug-likeness (QED) is 0.825. The molecule has 0 aliphatic carbocycles. The van der Waals surface area contributed by atoms with Gasteiger partial charge in [0.25, 0.3) is 0 Å². The van der Waals surface area contributed by atoms with Crippen molar-refractivity contribution in [2.75, 3.05) is 37.6 Å². The van der Waals surface area contributed by atoms with Gasteiger partial charge in [-0.1, -0.05) is 31.5 Å². The number of hydrogen-bond donors (Lipinski definition) is 2. The third kappa shape index (κ3) is 5.09. The van der Waals surface area contributed by atoms with Crippen molar-refractivity contribution in [3.63, 3.8) is 0 Å². The van der Waals surface area contributed by atoms with Crippen molar-refractivity contribution in [3.8, 4) is 0 Å². The highest BCUT2D eigenvalue weighted by Gasteiger charge is 2.23. The second-order valence-corrected chi connectivity index (χ2v) is 7.22. The SMILES string of the molecule is Cc1ccc(Cl)cc1N1CCN(C(=O)CNC(=O)[C@@H](N)C(C)C)CC1. The Labute approximate surface area is 154 Å². The van der Waals surface area contributed by atoms with Gasteiger partial charge in [-0.15, -0.1) is 0 Å². The van der Waals surface area contributed by atoms with Gasteiger partial charge in [-0.05, 0) is 30.5 Å². The molecule has 2 rings (SSSR count). The van der Waals surface area contributed by atoms with Gasteiger partial charge in [0.15, 0.2) is 0 Å². The predicted molar refractivity (Wildman–Crippen MR) is 101 cm³/mol. The van der Waals surface area contributed by atoms with Crippen LogP contribution in [0.25, 0.3) is 0 Å². The lowest BCUT2D eigenvalue weighted by molar-refractivity contribution is -0.133. The fourth-order valence-electron chi connectivity index (χ4n) is 2.82. The van der Waals surface area contributed by atoms with Crippen LogP contribution in [0.4, 0.5) is 5.69 Å². The number of carbonyl (C=O) groups excluding carboxylic acids is 2. The van der Waals surface area contributed by atoms with Crippen molar-refractivity contribution >= 4 is 29.1 Å². The first-order valence-electron chi connectivity index (χ1n) is 8.61. The van der Waals surface area contributed by atoms with Gasteiger partial charge in [0.05, 0.1) is 12.6 Å². The Hall–Kier alpha value is -1.79. The highest BCUT2D eigenvalue weighted by atomic mass is 35.5. The number of nitrogens with one attached hydrogen (secondary N) is 1. The molecule has 0 aromatic heterocycles. The van der Waals surface area contributed by atoms with E-state index in [0.29, 0.717) is 18.1 Å². The minimum absolute atomic E-state index is 0.00452. The highest BCUT2D eigenvalue weighted by molar-refractivity contribution is 6.30. The molecule has 1 heterocycles. The summed E-state index contributed by atoms with van der Waals surface area (Å²) in [5, 5.41) is 3.35. The molecule has 1 fully saturated rings. The summed E-state index contributed by atoms with van der Waals surface area (Å²) in [6.45, 7) is 8.53. The van der Waals surface area contributed by atoms with Crippen LogP contribution in [0.1, 0.15) is 19.4 Å². The second kappa shape index (κ2) is 8.54. The molecule has 25 heavy (non-hydrogen) atoms. The molecule has 0 saturated carbocycles. The van der Waals surface area contributed by atoms with Gasteiger partial charge < -0.3 is 20.9 Å². The van der Waals surface area contributed by atoms with Crippen LogP contribution in [0.2, 0.25) is 5.02 Å². The van der Waals surface area contributed by atoms with Crippen LogP contribution in [0, 0.1) is 12.8 Å². The van der Waals surface area contributed by atoms with Crippen LogP contribution < -0.4 is 16.0 Å². The normalized spacial score (nSPS) is 16.1. The van der Waals surface area contributed by atoms with E-state index < -0.39 is 6.04 Å². The summed E-state index contributed by atoms with van der Waals surface area (Å²) in [6, 6.07) is 5.26. The van der Waals surface area contributed by atoms with E-state index in [1.165, 1.54) is 5.56 Å². The molecule has 2 amide bonds. The zero-order valence-electron chi connectivity index (χ0n) is 15.1. The number of halogens is 1. The number of nitrogens with two attached hydrogens (primary N) is 1. The van der Waals surface area contributed by atoms with E-state index in [9.17, 15) is 9.59 Å². The lowest BCUT2D eigenvalue weighted by Crippen LogP contribution is -2.53. The van der Waals surface area contributed by atoms with Crippen LogP contribution in [0.5, 0.6) is 0 Å². The molecule has 6 nitrogen and oxygen atoms in total. The molecule has 1 saturated heterocycles. The van der Waals surface area contributed by atoms with Crippen LogP contribution in [-0.4, -0.2) is 55.5 Å². The van der Waals surface area contributed by atoms with E-state index in [1.54, 1.807) is 4.90 Å². The smallest absolute Gasteiger partial charge is 0.242 e. The van der Waals surface area contributed by atoms with Gasteiger partial charge in [-0.2, -0.15) is 0 Å². The van der Waals surface area contributed by atoms with Crippen molar-refractivity contribution in [2.45, 2.75) is 26.8 Å². The molecule has 3 N–H and O–H groups in total. The number of hydrogen-bond acceptors (Lipinski definition) is 4. The average Bonchev–Trinajstić information content (AvgIpc) is 2.60. The molecule has 1 aromatic rings. The molecular weight excluding hydrogens is 340 g/mol. The van der Waals surface area contributed by atoms with E-state index in [0.717, 1.165) is 18.8 Å². The minimum Gasteiger partial charge on any atom is -0.368 e. The largest absolute Gasteiger partial charge is 0.368 e. The Morgan fingerprint density at radius 3 is 2.48 bits per heavy atom. The summed E-state index contributed by atoms with van der Waals surface area (Å²) in [6.07, 6.45) is 0. The summed E-state index contributed by atoms with van der Waals surface area (Å²) < 4.78 is 0. The summed E-state index contributed by atoms with van der Waals surface area (Å²) >= 11 is 6.09. The third-order valence-corrected chi connectivity index (χ3v) is 4.81. The fraction of sp³-hybridized carbons (Fsp3) is 0.556. The number of piperazine rings is 1. The maximum atomic E-state index is 12.3. The molecule has 138 valence electrons. The van der Waals surface area contributed by atoms with Crippen molar-refractivity contribution < 1.29 is 9.59 Å². The lowest BCUT2D eigenvalue weighted by atomic mass is 10.1. The molecule has 7 heteroatoms. The van der Waals surface area contributed by atoms with Crippen molar-refractivity contribution in [3.05, 3.63) is 28.8 Å². The van der Waals surface area contributed by atoms with Gasteiger partial charge in [-0.25, -0.2) is 0 Å². The average molecular weight is 367 g/mol. The first kappa shape index (κ1) is 19.5. The number of benzene rings is 1. The first-order chi connectivity index (χ1) is 11.8. The molecule has 0 bridgehead atoms. The van der Waals surface area contributed by atoms with Crippen molar-refractivity contribution in [2.24, 2.45) is 11.7 Å². The number of nitrogens with zero attached hydrogens (tertiary/aromatic N) is 2. The molecule has 1 aromatic carbocycles. The van der Waals surface area contributed by atoms with E-state index >= 15 is 0 Å². The molecular formula is C18H27ClN4O2. The number of anilines is 1. The molecule has 1 atom stereocenters. The van der Waals surface area contributed by atoms with Crippen LogP contribution in [0.15, 0.2) is 18.2 Å². The Kier molecular flexibility index (Phi) is 6.67. The van der Waals surface area contributed by atoms with Gasteiger partial charge >= 0.3 is 0 Å². The van der Waals surface area contributed by atoms with Crippen LogP contribution in [-0.2, 0) is 9.59 Å². The molecule has 0 radical (unpaired) electrons. The summed E-state index contributed by atoms with van der Waals surface area (Å²) in [7, 11) is 0. The van der Waals surface area contributed by atoms with E-state index in [2.05, 4.69) is 17.1 Å². The first-order valence-corrected chi connectivity index (χ1v) is 8.99. The highest BCUT2D eigenvalue weighted by Crippen LogP contribution is 2.25. The number of amides is 2. The predicted octanol–water partition coefficient (Wildman–Crippen LogP) is 1.40. The second-order valence-electron chi connectivity index (χ2n) is 6.79. The van der Waals surface area contributed by atoms with Crippen LogP contribution in [0.3, 0.4) is 0 Å². The monoisotopic (exact) mass is 366 g/mol. The molecule has 1 aliphatic heterocycles. The lowest BCUT2D eigenvalue weighted by Gasteiger charge is -2.37. The molecule has 1 aliphatic rings. The fourth-order valence-corrected chi connectivity index (χ4v) is 2.98. The zero-order valence-corrected chi connectivity index (χ0v) is 15.8. The topological polar surface area (TPSA) is 78.7 Å². The Balaban J connectivity index is 1.84. The van der Waals surface area contributed by atoms with E-state index in [1.807, 2.05) is 32.0 Å². The maximum absolute atomic E-state index is 12.3. The zero-order chi connectivity index (χ0) is 18.6. The summed E-state index contributed by atoms with van der Waals surface area (Å²) in [4.78, 5) is 28.2. The Morgan fingerprint density at radius 2 is 1.88 bits per heavy atom. The third-order valence-electron chi connectivity index (χ3n) is 4.58. The number of carbonyl (C=O) groups is 2. The van der Waals surface area contributed by atoms with Crippen molar-refractivity contribution in [1.82, 2.24) is 10.2 Å². The Bertz CT molecular complexity index is 628. The van der Waals surface area contributed by atoms with Crippen LogP contribution >= 0.6 is 11.6 Å². The van der Waals surface area contributed by atoms with Gasteiger partial charge in [0.1, 0.15) is 0 Å². The van der Waals surface area contributed by atoms with E-state index in [4.69, 9.17) is 17.3 Å². The maximum Gasteiger partial charge on any atom is 0.242 e.